The summed E-state index contributed by atoms with van der Waals surface area (Å²) < 4.78 is 7.27. The van der Waals surface area contributed by atoms with Crippen LogP contribution in [0.25, 0.3) is 5.65 Å². The van der Waals surface area contributed by atoms with Crippen molar-refractivity contribution in [3.8, 4) is 11.6 Å². The molecular formula is C12H9N3O. The molecule has 2 aromatic heterocycles. The molecule has 0 aliphatic heterocycles. The Morgan fingerprint density at radius 3 is 2.75 bits per heavy atom. The first-order valence-corrected chi connectivity index (χ1v) is 4.95. The Morgan fingerprint density at radius 1 is 1.00 bits per heavy atom. The maximum atomic E-state index is 5.60. The molecule has 0 spiro atoms. The van der Waals surface area contributed by atoms with Gasteiger partial charge in [-0.1, -0.05) is 18.2 Å². The van der Waals surface area contributed by atoms with Crippen LogP contribution in [0.4, 0.5) is 0 Å². The van der Waals surface area contributed by atoms with Gasteiger partial charge in [-0.3, -0.25) is 0 Å². The molecule has 1 aromatic carbocycles. The number of fused-ring (bicyclic) bond motifs is 1. The van der Waals surface area contributed by atoms with E-state index in [-0.39, 0.29) is 0 Å². The Kier molecular flexibility index (Phi) is 2.04. The number of rotatable bonds is 2. The maximum Gasteiger partial charge on any atom is 0.237 e. The lowest BCUT2D eigenvalue weighted by atomic mass is 10.3. The first-order valence-electron chi connectivity index (χ1n) is 4.95. The van der Waals surface area contributed by atoms with Crippen molar-refractivity contribution < 1.29 is 4.74 Å². The molecule has 4 heteroatoms. The van der Waals surface area contributed by atoms with E-state index >= 15 is 0 Å². The molecule has 0 aliphatic rings. The normalized spacial score (nSPS) is 10.5. The molecule has 16 heavy (non-hydrogen) atoms. The number of ether oxygens (including phenoxy) is 1. The van der Waals surface area contributed by atoms with Gasteiger partial charge in [-0.2, -0.15) is 0 Å². The van der Waals surface area contributed by atoms with Crippen molar-refractivity contribution in [2.45, 2.75) is 0 Å². The molecule has 4 nitrogen and oxygen atoms in total. The Bertz CT molecular complexity index is 604. The lowest BCUT2D eigenvalue weighted by molar-refractivity contribution is 0.452. The average molecular weight is 211 g/mol. The van der Waals surface area contributed by atoms with Gasteiger partial charge in [-0.05, 0) is 18.2 Å². The van der Waals surface area contributed by atoms with E-state index in [2.05, 4.69) is 10.1 Å². The van der Waals surface area contributed by atoms with Gasteiger partial charge in [0.25, 0.3) is 0 Å². The second-order valence-electron chi connectivity index (χ2n) is 3.32. The minimum Gasteiger partial charge on any atom is -0.438 e. The van der Waals surface area contributed by atoms with E-state index in [0.29, 0.717) is 5.88 Å². The molecule has 0 unspecified atom stereocenters. The summed E-state index contributed by atoms with van der Waals surface area (Å²) in [5.41, 5.74) is 0.806. The Labute approximate surface area is 92.1 Å². The molecule has 0 atom stereocenters. The van der Waals surface area contributed by atoms with Crippen LogP contribution in [-0.4, -0.2) is 14.6 Å². The van der Waals surface area contributed by atoms with Crippen LogP contribution in [0.5, 0.6) is 11.6 Å². The first-order chi connectivity index (χ1) is 7.92. The fourth-order valence-corrected chi connectivity index (χ4v) is 1.46. The minimum absolute atomic E-state index is 0.553. The van der Waals surface area contributed by atoms with E-state index in [4.69, 9.17) is 4.74 Å². The van der Waals surface area contributed by atoms with Crippen LogP contribution in [0.1, 0.15) is 0 Å². The third-order valence-corrected chi connectivity index (χ3v) is 2.20. The molecule has 3 aromatic rings. The molecule has 0 bridgehead atoms. The Morgan fingerprint density at radius 2 is 1.88 bits per heavy atom. The molecule has 3 rings (SSSR count). The van der Waals surface area contributed by atoms with Gasteiger partial charge < -0.3 is 4.74 Å². The highest BCUT2D eigenvalue weighted by Crippen LogP contribution is 2.18. The smallest absolute Gasteiger partial charge is 0.237 e. The number of para-hydroxylation sites is 1. The molecular weight excluding hydrogens is 202 g/mol. The van der Waals surface area contributed by atoms with Crippen LogP contribution in [0.2, 0.25) is 0 Å². The fourth-order valence-electron chi connectivity index (χ4n) is 1.46. The van der Waals surface area contributed by atoms with Gasteiger partial charge in [0.1, 0.15) is 5.75 Å². The second kappa shape index (κ2) is 3.66. The number of benzene rings is 1. The zero-order valence-electron chi connectivity index (χ0n) is 8.45. The van der Waals surface area contributed by atoms with Crippen LogP contribution in [0.15, 0.2) is 54.9 Å². The van der Waals surface area contributed by atoms with E-state index in [1.165, 1.54) is 0 Å². The number of nitrogens with zero attached hydrogens (tertiary/aromatic N) is 3. The van der Waals surface area contributed by atoms with E-state index in [0.717, 1.165) is 11.4 Å². The van der Waals surface area contributed by atoms with Gasteiger partial charge in [0, 0.05) is 18.5 Å². The van der Waals surface area contributed by atoms with Gasteiger partial charge >= 0.3 is 0 Å². The number of hydrogen-bond acceptors (Lipinski definition) is 3. The molecule has 2 heterocycles. The topological polar surface area (TPSA) is 39.4 Å². The SMILES string of the molecule is c1ccc(Oc2ccc3nccn3n2)cc1. The summed E-state index contributed by atoms with van der Waals surface area (Å²) >= 11 is 0. The number of hydrogen-bond donors (Lipinski definition) is 0. The average Bonchev–Trinajstić information content (AvgIpc) is 2.77. The van der Waals surface area contributed by atoms with Crippen molar-refractivity contribution in [2.24, 2.45) is 0 Å². The molecule has 0 aliphatic carbocycles. The fraction of sp³-hybridized carbons (Fsp3) is 0. The van der Waals surface area contributed by atoms with Crippen molar-refractivity contribution in [1.29, 1.82) is 0 Å². The van der Waals surface area contributed by atoms with Crippen LogP contribution in [0, 0.1) is 0 Å². The van der Waals surface area contributed by atoms with Gasteiger partial charge in [0.2, 0.25) is 5.88 Å². The van der Waals surface area contributed by atoms with Crippen LogP contribution in [0.3, 0.4) is 0 Å². The molecule has 0 fully saturated rings. The largest absolute Gasteiger partial charge is 0.438 e. The molecule has 0 radical (unpaired) electrons. The van der Waals surface area contributed by atoms with Crippen molar-refractivity contribution >= 4 is 5.65 Å². The van der Waals surface area contributed by atoms with Gasteiger partial charge in [0.05, 0.1) is 0 Å². The van der Waals surface area contributed by atoms with Gasteiger partial charge in [-0.25, -0.2) is 9.50 Å². The molecule has 0 N–H and O–H groups in total. The minimum atomic E-state index is 0.553. The molecule has 0 saturated heterocycles. The van der Waals surface area contributed by atoms with Crippen LogP contribution >= 0.6 is 0 Å². The quantitative estimate of drug-likeness (QED) is 0.653. The maximum absolute atomic E-state index is 5.60. The highest BCUT2D eigenvalue weighted by atomic mass is 16.5. The molecule has 78 valence electrons. The van der Waals surface area contributed by atoms with Crippen molar-refractivity contribution in [2.75, 3.05) is 0 Å². The van der Waals surface area contributed by atoms with Gasteiger partial charge in [-0.15, -0.1) is 5.10 Å². The summed E-state index contributed by atoms with van der Waals surface area (Å²) in [5, 5.41) is 4.26. The van der Waals surface area contributed by atoms with Crippen molar-refractivity contribution in [3.05, 3.63) is 54.9 Å². The van der Waals surface area contributed by atoms with Crippen molar-refractivity contribution in [1.82, 2.24) is 14.6 Å². The van der Waals surface area contributed by atoms with E-state index in [9.17, 15) is 0 Å². The summed E-state index contributed by atoms with van der Waals surface area (Å²) in [6, 6.07) is 13.2. The summed E-state index contributed by atoms with van der Waals surface area (Å²) in [6.45, 7) is 0. The lowest BCUT2D eigenvalue weighted by Gasteiger charge is -2.03. The lowest BCUT2D eigenvalue weighted by Crippen LogP contribution is -1.94. The molecule has 0 saturated carbocycles. The summed E-state index contributed by atoms with van der Waals surface area (Å²) in [6.07, 6.45) is 3.49. The summed E-state index contributed by atoms with van der Waals surface area (Å²) in [7, 11) is 0. The standard InChI is InChI=1S/C12H9N3O/c1-2-4-10(5-3-1)16-12-7-6-11-13-8-9-15(11)14-12/h1-9H. The number of aromatic nitrogens is 3. The third-order valence-electron chi connectivity index (χ3n) is 2.20. The van der Waals surface area contributed by atoms with Crippen LogP contribution in [-0.2, 0) is 0 Å². The third kappa shape index (κ3) is 1.61. The molecule has 0 amide bonds. The number of imidazole rings is 1. The van der Waals surface area contributed by atoms with E-state index in [1.807, 2.05) is 36.4 Å². The zero-order chi connectivity index (χ0) is 10.8. The zero-order valence-corrected chi connectivity index (χ0v) is 8.45. The predicted octanol–water partition coefficient (Wildman–Crippen LogP) is 2.52. The highest BCUT2D eigenvalue weighted by molar-refractivity contribution is 5.38. The van der Waals surface area contributed by atoms with Gasteiger partial charge in [0.15, 0.2) is 5.65 Å². The van der Waals surface area contributed by atoms with E-state index < -0.39 is 0 Å². The predicted molar refractivity (Wildman–Crippen MR) is 59.5 cm³/mol. The monoisotopic (exact) mass is 211 g/mol. The van der Waals surface area contributed by atoms with E-state index in [1.54, 1.807) is 23.0 Å². The highest BCUT2D eigenvalue weighted by Gasteiger charge is 2.00. The second-order valence-corrected chi connectivity index (χ2v) is 3.32. The Hall–Kier alpha value is -2.36. The Balaban J connectivity index is 1.94. The summed E-state index contributed by atoms with van der Waals surface area (Å²) in [5.74, 6) is 1.33. The first kappa shape index (κ1) is 8.91. The summed E-state index contributed by atoms with van der Waals surface area (Å²) in [4.78, 5) is 4.11. The van der Waals surface area contributed by atoms with Crippen molar-refractivity contribution in [3.63, 3.8) is 0 Å². The van der Waals surface area contributed by atoms with Crippen LogP contribution < -0.4 is 4.74 Å².